The molecule has 0 aliphatic heterocycles. The van der Waals surface area contributed by atoms with Gasteiger partial charge in [-0.15, -0.1) is 0 Å². The second-order valence-electron chi connectivity index (χ2n) is 3.64. The van der Waals surface area contributed by atoms with Crippen molar-refractivity contribution in [3.8, 4) is 0 Å². The zero-order chi connectivity index (χ0) is 11.0. The van der Waals surface area contributed by atoms with Crippen LogP contribution >= 0.6 is 11.6 Å². The van der Waals surface area contributed by atoms with E-state index in [0.717, 1.165) is 28.3 Å². The summed E-state index contributed by atoms with van der Waals surface area (Å²) in [6.07, 6.45) is 0.729. The van der Waals surface area contributed by atoms with Crippen LogP contribution in [0.4, 0.5) is 0 Å². The summed E-state index contributed by atoms with van der Waals surface area (Å²) in [5, 5.41) is 1.23. The predicted molar refractivity (Wildman–Crippen MR) is 61.6 cm³/mol. The molecule has 1 aromatic carbocycles. The van der Waals surface area contributed by atoms with E-state index in [1.54, 1.807) is 6.07 Å². The molecule has 2 rings (SSSR count). The predicted octanol–water partition coefficient (Wildman–Crippen LogP) is 3.32. The summed E-state index contributed by atoms with van der Waals surface area (Å²) in [6.45, 7) is 4.00. The standard InChI is InChI=1S/C12H10ClNO/c1-7-3-8(2)11-9(4-7)5-10(6-15)12(13)14-11/h3-6H,1-2H3. The lowest BCUT2D eigenvalue weighted by Crippen LogP contribution is -1.91. The molecule has 76 valence electrons. The van der Waals surface area contributed by atoms with E-state index in [0.29, 0.717) is 5.56 Å². The molecule has 0 atom stereocenters. The number of aromatic nitrogens is 1. The molecule has 0 unspecified atom stereocenters. The van der Waals surface area contributed by atoms with Gasteiger partial charge in [0, 0.05) is 5.39 Å². The molecule has 2 nitrogen and oxygen atoms in total. The van der Waals surface area contributed by atoms with E-state index in [9.17, 15) is 4.79 Å². The van der Waals surface area contributed by atoms with E-state index < -0.39 is 0 Å². The van der Waals surface area contributed by atoms with E-state index in [-0.39, 0.29) is 5.15 Å². The third-order valence-electron chi connectivity index (χ3n) is 2.36. The van der Waals surface area contributed by atoms with E-state index in [4.69, 9.17) is 11.6 Å². The fraction of sp³-hybridized carbons (Fsp3) is 0.167. The smallest absolute Gasteiger partial charge is 0.153 e. The van der Waals surface area contributed by atoms with Crippen molar-refractivity contribution in [1.82, 2.24) is 4.98 Å². The number of halogens is 1. The lowest BCUT2D eigenvalue weighted by atomic mass is 10.1. The summed E-state index contributed by atoms with van der Waals surface area (Å²) >= 11 is 5.87. The van der Waals surface area contributed by atoms with Gasteiger partial charge in [0.2, 0.25) is 0 Å². The van der Waals surface area contributed by atoms with Crippen molar-refractivity contribution in [2.24, 2.45) is 0 Å². The largest absolute Gasteiger partial charge is 0.298 e. The number of aryl methyl sites for hydroxylation is 2. The summed E-state index contributed by atoms with van der Waals surface area (Å²) < 4.78 is 0. The van der Waals surface area contributed by atoms with E-state index in [1.807, 2.05) is 26.0 Å². The number of nitrogens with zero attached hydrogens (tertiary/aromatic N) is 1. The quantitative estimate of drug-likeness (QED) is 0.544. The second-order valence-corrected chi connectivity index (χ2v) is 4.00. The molecule has 0 saturated carbocycles. The molecule has 3 heteroatoms. The van der Waals surface area contributed by atoms with Gasteiger partial charge in [-0.1, -0.05) is 23.2 Å². The van der Waals surface area contributed by atoms with Crippen LogP contribution in [0.3, 0.4) is 0 Å². The number of rotatable bonds is 1. The van der Waals surface area contributed by atoms with Gasteiger partial charge in [0.1, 0.15) is 5.15 Å². The molecule has 0 saturated heterocycles. The normalized spacial score (nSPS) is 10.6. The Balaban J connectivity index is 2.87. The average molecular weight is 220 g/mol. The van der Waals surface area contributed by atoms with Gasteiger partial charge < -0.3 is 0 Å². The summed E-state index contributed by atoms with van der Waals surface area (Å²) in [7, 11) is 0. The monoisotopic (exact) mass is 219 g/mol. The van der Waals surface area contributed by atoms with Crippen LogP contribution < -0.4 is 0 Å². The summed E-state index contributed by atoms with van der Waals surface area (Å²) in [5.41, 5.74) is 3.52. The van der Waals surface area contributed by atoms with Crippen molar-refractivity contribution >= 4 is 28.8 Å². The first-order chi connectivity index (χ1) is 7.11. The van der Waals surface area contributed by atoms with Gasteiger partial charge >= 0.3 is 0 Å². The first kappa shape index (κ1) is 10.1. The van der Waals surface area contributed by atoms with Crippen LogP contribution in [0, 0.1) is 13.8 Å². The highest BCUT2D eigenvalue weighted by atomic mass is 35.5. The molecule has 0 amide bonds. The molecule has 1 aromatic heterocycles. The molecular weight excluding hydrogens is 210 g/mol. The fourth-order valence-corrected chi connectivity index (χ4v) is 1.91. The number of benzene rings is 1. The molecule has 1 heterocycles. The molecule has 0 aliphatic carbocycles. The number of hydrogen-bond acceptors (Lipinski definition) is 2. The number of aldehydes is 1. The highest BCUT2D eigenvalue weighted by Gasteiger charge is 2.06. The molecule has 0 aliphatic rings. The van der Waals surface area contributed by atoms with E-state index in [1.165, 1.54) is 0 Å². The fourth-order valence-electron chi connectivity index (χ4n) is 1.73. The van der Waals surface area contributed by atoms with Crippen molar-refractivity contribution in [3.05, 3.63) is 40.0 Å². The molecule has 0 bridgehead atoms. The second kappa shape index (κ2) is 3.63. The first-order valence-electron chi connectivity index (χ1n) is 4.64. The number of carbonyl (C=O) groups excluding carboxylic acids is 1. The van der Waals surface area contributed by atoms with Gasteiger partial charge in [0.05, 0.1) is 11.1 Å². The molecule has 0 spiro atoms. The summed E-state index contributed by atoms with van der Waals surface area (Å²) in [4.78, 5) is 14.9. The topological polar surface area (TPSA) is 30.0 Å². The molecule has 15 heavy (non-hydrogen) atoms. The minimum atomic E-state index is 0.268. The van der Waals surface area contributed by atoms with Gasteiger partial charge in [-0.3, -0.25) is 4.79 Å². The first-order valence-corrected chi connectivity index (χ1v) is 5.02. The van der Waals surface area contributed by atoms with Crippen molar-refractivity contribution in [2.45, 2.75) is 13.8 Å². The Kier molecular flexibility index (Phi) is 2.45. The molecule has 0 fully saturated rings. The van der Waals surface area contributed by atoms with E-state index in [2.05, 4.69) is 4.98 Å². The van der Waals surface area contributed by atoms with Crippen LogP contribution in [0.2, 0.25) is 5.15 Å². The Morgan fingerprint density at radius 2 is 2.00 bits per heavy atom. The zero-order valence-electron chi connectivity index (χ0n) is 8.54. The van der Waals surface area contributed by atoms with Crippen LogP contribution in [0.15, 0.2) is 18.2 Å². The Morgan fingerprint density at radius 3 is 2.67 bits per heavy atom. The summed E-state index contributed by atoms with van der Waals surface area (Å²) in [5.74, 6) is 0. The Labute approximate surface area is 92.9 Å². The van der Waals surface area contributed by atoms with Gasteiger partial charge in [-0.2, -0.15) is 0 Å². The maximum absolute atomic E-state index is 10.7. The van der Waals surface area contributed by atoms with Crippen LogP contribution in [-0.4, -0.2) is 11.3 Å². The maximum atomic E-state index is 10.7. The highest BCUT2D eigenvalue weighted by Crippen LogP contribution is 2.23. The molecular formula is C12H10ClNO. The highest BCUT2D eigenvalue weighted by molar-refractivity contribution is 6.32. The molecule has 0 radical (unpaired) electrons. The van der Waals surface area contributed by atoms with E-state index >= 15 is 0 Å². The number of fused-ring (bicyclic) bond motifs is 1. The van der Waals surface area contributed by atoms with Gasteiger partial charge in [-0.05, 0) is 31.5 Å². The Hall–Kier alpha value is -1.41. The van der Waals surface area contributed by atoms with Crippen LogP contribution in [-0.2, 0) is 0 Å². The van der Waals surface area contributed by atoms with Crippen molar-refractivity contribution in [3.63, 3.8) is 0 Å². The Morgan fingerprint density at radius 1 is 1.27 bits per heavy atom. The van der Waals surface area contributed by atoms with Crippen LogP contribution in [0.1, 0.15) is 21.5 Å². The third-order valence-corrected chi connectivity index (χ3v) is 2.66. The Bertz CT molecular complexity index is 549. The zero-order valence-corrected chi connectivity index (χ0v) is 9.30. The lowest BCUT2D eigenvalue weighted by Gasteiger charge is -2.05. The van der Waals surface area contributed by atoms with Gasteiger partial charge in [0.25, 0.3) is 0 Å². The third kappa shape index (κ3) is 1.73. The molecule has 0 N–H and O–H groups in total. The maximum Gasteiger partial charge on any atom is 0.153 e. The molecule has 2 aromatic rings. The minimum absolute atomic E-state index is 0.268. The minimum Gasteiger partial charge on any atom is -0.298 e. The number of pyridine rings is 1. The van der Waals surface area contributed by atoms with Crippen molar-refractivity contribution < 1.29 is 4.79 Å². The SMILES string of the molecule is Cc1cc(C)c2nc(Cl)c(C=O)cc2c1. The number of carbonyl (C=O) groups is 1. The van der Waals surface area contributed by atoms with Gasteiger partial charge in [-0.25, -0.2) is 4.98 Å². The van der Waals surface area contributed by atoms with Crippen LogP contribution in [0.25, 0.3) is 10.9 Å². The number of hydrogen-bond donors (Lipinski definition) is 0. The van der Waals surface area contributed by atoms with Crippen molar-refractivity contribution in [1.29, 1.82) is 0 Å². The van der Waals surface area contributed by atoms with Gasteiger partial charge in [0.15, 0.2) is 6.29 Å². The average Bonchev–Trinajstić information content (AvgIpc) is 2.18. The van der Waals surface area contributed by atoms with Crippen LogP contribution in [0.5, 0.6) is 0 Å². The lowest BCUT2D eigenvalue weighted by molar-refractivity contribution is 0.112. The van der Waals surface area contributed by atoms with Crippen molar-refractivity contribution in [2.75, 3.05) is 0 Å². The summed E-state index contributed by atoms with van der Waals surface area (Å²) in [6, 6.07) is 5.82.